The minimum atomic E-state index is 0.832. The fraction of sp³-hybridized carbons (Fsp3) is 0.935. The SMILES string of the molecule is C=C(C1CCC(CC)CC1)C1CCC(C)C(C(CC)C2CCCC(CCC(C)C)C2)C1. The molecule has 180 valence electrons. The Bertz CT molecular complexity index is 522. The van der Waals surface area contributed by atoms with Crippen molar-refractivity contribution in [2.45, 2.75) is 131 Å². The van der Waals surface area contributed by atoms with E-state index in [1.54, 1.807) is 12.0 Å². The number of rotatable bonds is 9. The van der Waals surface area contributed by atoms with E-state index in [4.69, 9.17) is 6.58 Å². The van der Waals surface area contributed by atoms with Crippen LogP contribution >= 0.6 is 0 Å². The van der Waals surface area contributed by atoms with Crippen LogP contribution in [0.15, 0.2) is 12.2 Å². The van der Waals surface area contributed by atoms with Gasteiger partial charge in [0.25, 0.3) is 0 Å². The van der Waals surface area contributed by atoms with E-state index in [-0.39, 0.29) is 0 Å². The zero-order chi connectivity index (χ0) is 22.4. The van der Waals surface area contributed by atoms with Crippen molar-refractivity contribution in [3.05, 3.63) is 12.2 Å². The van der Waals surface area contributed by atoms with Crippen LogP contribution in [0.4, 0.5) is 0 Å². The molecule has 0 amide bonds. The smallest absolute Gasteiger partial charge is 0.0200 e. The van der Waals surface area contributed by atoms with Crippen molar-refractivity contribution in [3.63, 3.8) is 0 Å². The number of allylic oxidation sites excluding steroid dienone is 1. The Morgan fingerprint density at radius 1 is 0.839 bits per heavy atom. The van der Waals surface area contributed by atoms with Gasteiger partial charge in [0.15, 0.2) is 0 Å². The number of hydrogen-bond donors (Lipinski definition) is 0. The Morgan fingerprint density at radius 2 is 1.55 bits per heavy atom. The number of hydrogen-bond acceptors (Lipinski definition) is 0. The predicted octanol–water partition coefficient (Wildman–Crippen LogP) is 10.1. The molecule has 3 saturated carbocycles. The second-order valence-electron chi connectivity index (χ2n) is 12.7. The Hall–Kier alpha value is -0.260. The van der Waals surface area contributed by atoms with Gasteiger partial charge in [-0.3, -0.25) is 0 Å². The molecule has 0 bridgehead atoms. The lowest BCUT2D eigenvalue weighted by Crippen LogP contribution is -2.36. The molecule has 0 aromatic heterocycles. The molecule has 0 saturated heterocycles. The van der Waals surface area contributed by atoms with Gasteiger partial charge < -0.3 is 0 Å². The van der Waals surface area contributed by atoms with Crippen LogP contribution in [-0.2, 0) is 0 Å². The minimum absolute atomic E-state index is 0.832. The van der Waals surface area contributed by atoms with E-state index in [1.165, 1.54) is 89.9 Å². The third kappa shape index (κ3) is 6.86. The van der Waals surface area contributed by atoms with Crippen molar-refractivity contribution in [1.82, 2.24) is 0 Å². The molecule has 0 heteroatoms. The average molecular weight is 429 g/mol. The van der Waals surface area contributed by atoms with Crippen LogP contribution in [-0.4, -0.2) is 0 Å². The maximum Gasteiger partial charge on any atom is -0.0200 e. The summed E-state index contributed by atoms with van der Waals surface area (Å²) in [5.41, 5.74) is 1.68. The van der Waals surface area contributed by atoms with Crippen LogP contribution in [0.3, 0.4) is 0 Å². The molecule has 0 radical (unpaired) electrons. The Kier molecular flexibility index (Phi) is 10.0. The Morgan fingerprint density at radius 3 is 2.19 bits per heavy atom. The molecule has 0 aromatic rings. The third-order valence-corrected chi connectivity index (χ3v) is 10.3. The lowest BCUT2D eigenvalue weighted by atomic mass is 9.60. The molecule has 0 spiro atoms. The first kappa shape index (κ1) is 25.4. The molecule has 0 N–H and O–H groups in total. The van der Waals surface area contributed by atoms with Gasteiger partial charge in [-0.1, -0.05) is 91.7 Å². The molecule has 0 heterocycles. The molecule has 0 aliphatic heterocycles. The summed E-state index contributed by atoms with van der Waals surface area (Å²) in [6.45, 7) is 17.1. The van der Waals surface area contributed by atoms with E-state index in [0.29, 0.717) is 0 Å². The van der Waals surface area contributed by atoms with Gasteiger partial charge in [-0.25, -0.2) is 0 Å². The highest BCUT2D eigenvalue weighted by molar-refractivity contribution is 5.09. The second-order valence-corrected chi connectivity index (χ2v) is 12.7. The van der Waals surface area contributed by atoms with Gasteiger partial charge in [0.1, 0.15) is 0 Å². The molecule has 6 atom stereocenters. The molecule has 3 fully saturated rings. The van der Waals surface area contributed by atoms with Gasteiger partial charge in [0, 0.05) is 0 Å². The van der Waals surface area contributed by atoms with E-state index in [1.807, 2.05) is 0 Å². The fourth-order valence-electron chi connectivity index (χ4n) is 8.10. The first-order chi connectivity index (χ1) is 14.9. The van der Waals surface area contributed by atoms with Gasteiger partial charge in [0.2, 0.25) is 0 Å². The summed E-state index contributed by atoms with van der Waals surface area (Å²) in [4.78, 5) is 0. The summed E-state index contributed by atoms with van der Waals surface area (Å²) in [5, 5.41) is 0. The highest BCUT2D eigenvalue weighted by Crippen LogP contribution is 2.50. The molecular formula is C31H56. The van der Waals surface area contributed by atoms with Crippen LogP contribution in [0, 0.1) is 53.3 Å². The van der Waals surface area contributed by atoms with Gasteiger partial charge in [-0.15, -0.1) is 0 Å². The largest absolute Gasteiger partial charge is 0.0993 e. The quantitative estimate of drug-likeness (QED) is 0.320. The standard InChI is InChI=1S/C31H56/c1-7-25-15-18-27(19-16-25)24(6)28-17-13-23(5)31(21-28)30(8-2)29-11-9-10-26(20-29)14-12-22(3)4/h22-23,25-31H,6-21H2,1-5H3. The molecule has 3 rings (SSSR count). The zero-order valence-electron chi connectivity index (χ0n) is 22.0. The predicted molar refractivity (Wildman–Crippen MR) is 138 cm³/mol. The van der Waals surface area contributed by atoms with Crippen LogP contribution in [0.5, 0.6) is 0 Å². The minimum Gasteiger partial charge on any atom is -0.0993 e. The van der Waals surface area contributed by atoms with E-state index in [0.717, 1.165) is 53.3 Å². The molecule has 3 aliphatic carbocycles. The summed E-state index contributed by atoms with van der Waals surface area (Å²) in [6.07, 6.45) is 22.0. The molecule has 31 heavy (non-hydrogen) atoms. The summed E-state index contributed by atoms with van der Waals surface area (Å²) in [6, 6.07) is 0. The maximum atomic E-state index is 4.76. The fourth-order valence-corrected chi connectivity index (χ4v) is 8.10. The topological polar surface area (TPSA) is 0 Å². The molecular weight excluding hydrogens is 372 g/mol. The summed E-state index contributed by atoms with van der Waals surface area (Å²) in [5.74, 6) is 8.45. The molecule has 6 unspecified atom stereocenters. The lowest BCUT2D eigenvalue weighted by Gasteiger charge is -2.45. The molecule has 0 nitrogen and oxygen atoms in total. The summed E-state index contributed by atoms with van der Waals surface area (Å²) in [7, 11) is 0. The van der Waals surface area contributed by atoms with Crippen LogP contribution in [0.25, 0.3) is 0 Å². The molecule has 3 aliphatic rings. The van der Waals surface area contributed by atoms with Crippen molar-refractivity contribution in [2.75, 3.05) is 0 Å². The van der Waals surface area contributed by atoms with Crippen molar-refractivity contribution >= 4 is 0 Å². The molecule has 0 aromatic carbocycles. The first-order valence-electron chi connectivity index (χ1n) is 14.6. The zero-order valence-corrected chi connectivity index (χ0v) is 22.0. The summed E-state index contributed by atoms with van der Waals surface area (Å²) < 4.78 is 0. The highest BCUT2D eigenvalue weighted by atomic mass is 14.4. The van der Waals surface area contributed by atoms with E-state index < -0.39 is 0 Å². The van der Waals surface area contributed by atoms with Crippen LogP contribution in [0.1, 0.15) is 131 Å². The first-order valence-corrected chi connectivity index (χ1v) is 14.6. The van der Waals surface area contributed by atoms with Gasteiger partial charge in [0.05, 0.1) is 0 Å². The van der Waals surface area contributed by atoms with Gasteiger partial charge in [-0.2, -0.15) is 0 Å². The Labute approximate surface area is 196 Å². The van der Waals surface area contributed by atoms with Crippen molar-refractivity contribution < 1.29 is 0 Å². The van der Waals surface area contributed by atoms with Crippen LogP contribution < -0.4 is 0 Å². The third-order valence-electron chi connectivity index (χ3n) is 10.3. The second kappa shape index (κ2) is 12.3. The summed E-state index contributed by atoms with van der Waals surface area (Å²) >= 11 is 0. The van der Waals surface area contributed by atoms with Gasteiger partial charge >= 0.3 is 0 Å². The lowest BCUT2D eigenvalue weighted by molar-refractivity contribution is 0.0650. The average Bonchev–Trinajstić information content (AvgIpc) is 2.79. The van der Waals surface area contributed by atoms with Gasteiger partial charge in [-0.05, 0) is 105 Å². The Balaban J connectivity index is 1.59. The van der Waals surface area contributed by atoms with Crippen molar-refractivity contribution in [3.8, 4) is 0 Å². The van der Waals surface area contributed by atoms with Crippen molar-refractivity contribution in [1.29, 1.82) is 0 Å². The normalized spacial score (nSPS) is 38.2. The van der Waals surface area contributed by atoms with E-state index >= 15 is 0 Å². The monoisotopic (exact) mass is 428 g/mol. The van der Waals surface area contributed by atoms with E-state index in [2.05, 4.69) is 34.6 Å². The maximum absolute atomic E-state index is 4.76. The van der Waals surface area contributed by atoms with E-state index in [9.17, 15) is 0 Å². The van der Waals surface area contributed by atoms with Crippen LogP contribution in [0.2, 0.25) is 0 Å². The van der Waals surface area contributed by atoms with Crippen molar-refractivity contribution in [2.24, 2.45) is 53.3 Å². The highest BCUT2D eigenvalue weighted by Gasteiger charge is 2.39.